The molecule has 0 fully saturated rings. The first-order chi connectivity index (χ1) is 13.7. The van der Waals surface area contributed by atoms with Crippen LogP contribution in [0, 0.1) is 0 Å². The number of benzene rings is 2. The van der Waals surface area contributed by atoms with E-state index in [-0.39, 0.29) is 5.95 Å². The Balaban J connectivity index is 1.52. The lowest BCUT2D eigenvalue weighted by molar-refractivity contribution is 0.599. The summed E-state index contributed by atoms with van der Waals surface area (Å²) in [5.41, 5.74) is 16.4. The molecule has 5 rings (SSSR count). The predicted octanol–water partition coefficient (Wildman–Crippen LogP) is 4.13. The molecule has 0 bridgehead atoms. The second kappa shape index (κ2) is 6.16. The van der Waals surface area contributed by atoms with Gasteiger partial charge in [0, 0.05) is 40.6 Å². The van der Waals surface area contributed by atoms with Crippen molar-refractivity contribution < 1.29 is 4.42 Å². The number of fused-ring (bicyclic) bond motifs is 4. The second-order valence-electron chi connectivity index (χ2n) is 6.76. The van der Waals surface area contributed by atoms with Crippen molar-refractivity contribution in [3.8, 4) is 0 Å². The highest BCUT2D eigenvalue weighted by Gasteiger charge is 2.14. The number of nitrogens with two attached hydrogens (primary N) is 2. The molecule has 7 nitrogen and oxygen atoms in total. The molecule has 7 heteroatoms. The summed E-state index contributed by atoms with van der Waals surface area (Å²) in [7, 11) is 0. The maximum absolute atomic E-state index is 6.00. The summed E-state index contributed by atoms with van der Waals surface area (Å²) < 4.78 is 7.82. The first kappa shape index (κ1) is 16.4. The van der Waals surface area contributed by atoms with Crippen LogP contribution in [0.1, 0.15) is 12.5 Å². The third kappa shape index (κ3) is 2.44. The third-order valence-electron chi connectivity index (χ3n) is 5.13. The molecular weight excluding hydrogens is 352 g/mol. The van der Waals surface area contributed by atoms with Gasteiger partial charge in [0.15, 0.2) is 0 Å². The molecule has 0 atom stereocenters. The lowest BCUT2D eigenvalue weighted by atomic mass is 10.1. The topological polar surface area (TPSA) is 108 Å². The molecule has 0 spiro atoms. The predicted molar refractivity (Wildman–Crippen MR) is 113 cm³/mol. The SMILES string of the molecule is CCn1c2ccccc2c2ccc(NCc3coc4nc(N)nc(N)c34)cc21. The van der Waals surface area contributed by atoms with Crippen LogP contribution in [0.15, 0.2) is 53.1 Å². The van der Waals surface area contributed by atoms with E-state index in [1.165, 1.54) is 21.8 Å². The molecule has 3 aromatic heterocycles. The molecule has 5 aromatic rings. The first-order valence-corrected chi connectivity index (χ1v) is 9.19. The van der Waals surface area contributed by atoms with Crippen LogP contribution >= 0.6 is 0 Å². The average Bonchev–Trinajstić information content (AvgIpc) is 3.24. The van der Waals surface area contributed by atoms with Gasteiger partial charge in [-0.25, -0.2) is 0 Å². The molecule has 0 aliphatic carbocycles. The first-order valence-electron chi connectivity index (χ1n) is 9.19. The zero-order valence-corrected chi connectivity index (χ0v) is 15.4. The number of aromatic nitrogens is 3. The average molecular weight is 372 g/mol. The highest BCUT2D eigenvalue weighted by atomic mass is 16.3. The fraction of sp³-hybridized carbons (Fsp3) is 0.143. The monoisotopic (exact) mass is 372 g/mol. The molecule has 0 saturated carbocycles. The van der Waals surface area contributed by atoms with Gasteiger partial charge in [-0.15, -0.1) is 0 Å². The molecule has 0 unspecified atom stereocenters. The van der Waals surface area contributed by atoms with Crippen LogP contribution in [0.2, 0.25) is 0 Å². The van der Waals surface area contributed by atoms with E-state index in [4.69, 9.17) is 15.9 Å². The van der Waals surface area contributed by atoms with Gasteiger partial charge in [0.05, 0.1) is 17.2 Å². The van der Waals surface area contributed by atoms with Crippen molar-refractivity contribution in [1.82, 2.24) is 14.5 Å². The van der Waals surface area contributed by atoms with Gasteiger partial charge in [0.1, 0.15) is 5.82 Å². The Bertz CT molecular complexity index is 1330. The number of nitrogen functional groups attached to an aromatic ring is 2. The zero-order chi connectivity index (χ0) is 19.3. The molecule has 140 valence electrons. The van der Waals surface area contributed by atoms with E-state index < -0.39 is 0 Å². The van der Waals surface area contributed by atoms with Crippen LogP contribution < -0.4 is 16.8 Å². The lowest BCUT2D eigenvalue weighted by Gasteiger charge is -2.08. The number of hydrogen-bond donors (Lipinski definition) is 3. The number of rotatable bonds is 4. The van der Waals surface area contributed by atoms with Crippen LogP contribution in [0.4, 0.5) is 17.5 Å². The molecule has 5 N–H and O–H groups in total. The Morgan fingerprint density at radius 3 is 2.71 bits per heavy atom. The maximum atomic E-state index is 6.00. The standard InChI is InChI=1S/C21H20N6O/c1-2-27-16-6-4-3-5-14(16)15-8-7-13(9-17(15)27)24-10-12-11-28-20-18(12)19(22)25-21(23)26-20/h3-9,11,24H,2,10H2,1H3,(H4,22,23,25,26). The molecule has 0 aliphatic rings. The number of para-hydroxylation sites is 1. The Hall–Kier alpha value is -3.74. The molecule has 0 aliphatic heterocycles. The van der Waals surface area contributed by atoms with Crippen molar-refractivity contribution >= 4 is 50.4 Å². The van der Waals surface area contributed by atoms with E-state index >= 15 is 0 Å². The summed E-state index contributed by atoms with van der Waals surface area (Å²) >= 11 is 0. The number of aryl methyl sites for hydroxylation is 1. The number of hydrogen-bond acceptors (Lipinski definition) is 6. The molecule has 0 saturated heterocycles. The molecule has 0 amide bonds. The normalized spacial score (nSPS) is 11.6. The van der Waals surface area contributed by atoms with Crippen molar-refractivity contribution in [2.75, 3.05) is 16.8 Å². The largest absolute Gasteiger partial charge is 0.446 e. The quantitative estimate of drug-likeness (QED) is 0.438. The number of anilines is 3. The van der Waals surface area contributed by atoms with Gasteiger partial charge in [-0.1, -0.05) is 24.3 Å². The van der Waals surface area contributed by atoms with E-state index in [1.807, 2.05) is 0 Å². The van der Waals surface area contributed by atoms with E-state index in [0.717, 1.165) is 17.8 Å². The fourth-order valence-corrected chi connectivity index (χ4v) is 3.87. The van der Waals surface area contributed by atoms with E-state index in [0.29, 0.717) is 23.5 Å². The second-order valence-corrected chi connectivity index (χ2v) is 6.76. The van der Waals surface area contributed by atoms with Gasteiger partial charge in [-0.3, -0.25) is 0 Å². The maximum Gasteiger partial charge on any atom is 0.233 e. The summed E-state index contributed by atoms with van der Waals surface area (Å²) in [5.74, 6) is 0.436. The van der Waals surface area contributed by atoms with Gasteiger partial charge < -0.3 is 25.8 Å². The number of furan rings is 1. The molecule has 0 radical (unpaired) electrons. The minimum absolute atomic E-state index is 0.108. The van der Waals surface area contributed by atoms with Crippen LogP contribution in [-0.4, -0.2) is 14.5 Å². The van der Waals surface area contributed by atoms with Crippen molar-refractivity contribution in [1.29, 1.82) is 0 Å². The highest BCUT2D eigenvalue weighted by Crippen LogP contribution is 2.31. The minimum Gasteiger partial charge on any atom is -0.446 e. The smallest absolute Gasteiger partial charge is 0.233 e. The minimum atomic E-state index is 0.108. The lowest BCUT2D eigenvalue weighted by Crippen LogP contribution is -2.03. The van der Waals surface area contributed by atoms with Gasteiger partial charge in [0.25, 0.3) is 0 Å². The summed E-state index contributed by atoms with van der Waals surface area (Å²) in [6.45, 7) is 3.62. The molecule has 3 heterocycles. The van der Waals surface area contributed by atoms with Gasteiger partial charge in [-0.05, 0) is 25.1 Å². The van der Waals surface area contributed by atoms with Crippen LogP contribution in [0.3, 0.4) is 0 Å². The van der Waals surface area contributed by atoms with Crippen LogP contribution in [0.5, 0.6) is 0 Å². The summed E-state index contributed by atoms with van der Waals surface area (Å²) in [6.07, 6.45) is 1.64. The van der Waals surface area contributed by atoms with Crippen molar-refractivity contribution in [2.24, 2.45) is 0 Å². The van der Waals surface area contributed by atoms with E-state index in [2.05, 4.69) is 69.2 Å². The number of nitrogens with zero attached hydrogens (tertiary/aromatic N) is 3. The van der Waals surface area contributed by atoms with Gasteiger partial charge >= 0.3 is 0 Å². The summed E-state index contributed by atoms with van der Waals surface area (Å²) in [5, 5.41) is 6.68. The van der Waals surface area contributed by atoms with E-state index in [1.54, 1.807) is 6.26 Å². The Kier molecular flexibility index (Phi) is 3.61. The summed E-state index contributed by atoms with van der Waals surface area (Å²) in [6, 6.07) is 14.9. The molecular formula is C21H20N6O. The zero-order valence-electron chi connectivity index (χ0n) is 15.4. The van der Waals surface area contributed by atoms with Crippen molar-refractivity contribution in [3.05, 3.63) is 54.3 Å². The van der Waals surface area contributed by atoms with Crippen LogP contribution in [0.25, 0.3) is 32.9 Å². The van der Waals surface area contributed by atoms with E-state index in [9.17, 15) is 0 Å². The van der Waals surface area contributed by atoms with Crippen molar-refractivity contribution in [3.63, 3.8) is 0 Å². The summed E-state index contributed by atoms with van der Waals surface area (Å²) in [4.78, 5) is 8.12. The molecule has 2 aromatic carbocycles. The fourth-order valence-electron chi connectivity index (χ4n) is 3.87. The number of nitrogens with one attached hydrogen (secondary N) is 1. The molecule has 28 heavy (non-hydrogen) atoms. The highest BCUT2D eigenvalue weighted by molar-refractivity contribution is 6.08. The van der Waals surface area contributed by atoms with Gasteiger partial charge in [-0.2, -0.15) is 9.97 Å². The van der Waals surface area contributed by atoms with Crippen molar-refractivity contribution in [2.45, 2.75) is 20.0 Å². The Morgan fingerprint density at radius 2 is 1.86 bits per heavy atom. The Labute approximate surface area is 161 Å². The Morgan fingerprint density at radius 1 is 1.04 bits per heavy atom. The third-order valence-corrected chi connectivity index (χ3v) is 5.13. The van der Waals surface area contributed by atoms with Gasteiger partial charge in [0.2, 0.25) is 11.7 Å². The van der Waals surface area contributed by atoms with Crippen LogP contribution in [-0.2, 0) is 13.1 Å².